The summed E-state index contributed by atoms with van der Waals surface area (Å²) < 4.78 is 0. The molecule has 1 aliphatic rings. The van der Waals surface area contributed by atoms with Gasteiger partial charge in [0.15, 0.2) is 5.82 Å². The Kier molecular flexibility index (Phi) is 3.74. The van der Waals surface area contributed by atoms with Gasteiger partial charge < -0.3 is 0 Å². The van der Waals surface area contributed by atoms with E-state index in [1.54, 1.807) is 11.3 Å². The highest BCUT2D eigenvalue weighted by Gasteiger charge is 2.14. The van der Waals surface area contributed by atoms with Crippen LogP contribution < -0.4 is 0 Å². The molecule has 2 aromatic rings. The highest BCUT2D eigenvalue weighted by Crippen LogP contribution is 2.27. The summed E-state index contributed by atoms with van der Waals surface area (Å²) in [6, 6.07) is 4.11. The van der Waals surface area contributed by atoms with Crippen molar-refractivity contribution in [2.24, 2.45) is 5.92 Å². The lowest BCUT2D eigenvalue weighted by molar-refractivity contribution is 0.337. The Bertz CT molecular complexity index is 469. The van der Waals surface area contributed by atoms with Crippen molar-refractivity contribution in [1.29, 1.82) is 0 Å². The molecule has 0 unspecified atom stereocenters. The molecule has 3 rings (SSSR count). The summed E-state index contributed by atoms with van der Waals surface area (Å²) >= 11 is 1.69. The average Bonchev–Trinajstić information content (AvgIpc) is 3.08. The Hall–Kier alpha value is -1.16. The van der Waals surface area contributed by atoms with Crippen LogP contribution in [0, 0.1) is 5.92 Å². The van der Waals surface area contributed by atoms with E-state index in [1.165, 1.54) is 38.5 Å². The maximum atomic E-state index is 4.58. The van der Waals surface area contributed by atoms with Gasteiger partial charge in [0.1, 0.15) is 5.82 Å². The molecule has 0 bridgehead atoms. The number of aromatic nitrogens is 3. The van der Waals surface area contributed by atoms with Crippen molar-refractivity contribution in [1.82, 2.24) is 15.2 Å². The summed E-state index contributed by atoms with van der Waals surface area (Å²) in [6.45, 7) is 0. The Labute approximate surface area is 112 Å². The largest absolute Gasteiger partial charge is 0.263 e. The molecule has 0 radical (unpaired) electrons. The Morgan fingerprint density at radius 2 is 2.17 bits per heavy atom. The molecule has 0 atom stereocenters. The summed E-state index contributed by atoms with van der Waals surface area (Å²) in [4.78, 5) is 5.73. The van der Waals surface area contributed by atoms with Crippen LogP contribution in [-0.2, 0) is 6.42 Å². The van der Waals surface area contributed by atoms with Crippen LogP contribution in [0.3, 0.4) is 0 Å². The van der Waals surface area contributed by atoms with Gasteiger partial charge in [-0.1, -0.05) is 38.2 Å². The molecule has 0 aliphatic heterocycles. The lowest BCUT2D eigenvalue weighted by Crippen LogP contribution is -2.07. The standard InChI is InChI=1S/C14H19N3S/c1-2-5-11(6-3-1)8-9-13-15-14(17-16-13)12-7-4-10-18-12/h4,7,10-11H,1-3,5-6,8-9H2,(H,15,16,17). The normalized spacial score (nSPS) is 17.1. The van der Waals surface area contributed by atoms with Gasteiger partial charge in [0.25, 0.3) is 0 Å². The van der Waals surface area contributed by atoms with Crippen molar-refractivity contribution < 1.29 is 0 Å². The van der Waals surface area contributed by atoms with Gasteiger partial charge in [0.05, 0.1) is 4.88 Å². The predicted molar refractivity (Wildman–Crippen MR) is 74.6 cm³/mol. The van der Waals surface area contributed by atoms with Gasteiger partial charge in [-0.05, 0) is 23.8 Å². The quantitative estimate of drug-likeness (QED) is 0.902. The molecule has 1 fully saturated rings. The van der Waals surface area contributed by atoms with Crippen molar-refractivity contribution in [3.05, 3.63) is 23.3 Å². The van der Waals surface area contributed by atoms with E-state index >= 15 is 0 Å². The van der Waals surface area contributed by atoms with Crippen LogP contribution in [0.15, 0.2) is 17.5 Å². The minimum absolute atomic E-state index is 0.851. The molecular weight excluding hydrogens is 242 g/mol. The van der Waals surface area contributed by atoms with E-state index in [0.717, 1.165) is 28.9 Å². The number of rotatable bonds is 4. The summed E-state index contributed by atoms with van der Waals surface area (Å²) in [5.41, 5.74) is 0. The van der Waals surface area contributed by atoms with Crippen LogP contribution in [0.1, 0.15) is 44.3 Å². The first-order chi connectivity index (χ1) is 8.92. The zero-order valence-electron chi connectivity index (χ0n) is 10.6. The highest BCUT2D eigenvalue weighted by atomic mass is 32.1. The number of hydrogen-bond donors (Lipinski definition) is 1. The highest BCUT2D eigenvalue weighted by molar-refractivity contribution is 7.13. The Balaban J connectivity index is 1.57. The minimum atomic E-state index is 0.851. The molecule has 3 nitrogen and oxygen atoms in total. The smallest absolute Gasteiger partial charge is 0.191 e. The third-order valence-corrected chi connectivity index (χ3v) is 4.65. The van der Waals surface area contributed by atoms with Gasteiger partial charge >= 0.3 is 0 Å². The second-order valence-electron chi connectivity index (χ2n) is 5.13. The summed E-state index contributed by atoms with van der Waals surface area (Å²) in [7, 11) is 0. The van der Waals surface area contributed by atoms with Gasteiger partial charge in [-0.15, -0.1) is 11.3 Å². The van der Waals surface area contributed by atoms with Crippen LogP contribution in [0.25, 0.3) is 10.7 Å². The molecule has 1 saturated carbocycles. The minimum Gasteiger partial charge on any atom is -0.263 e. The second kappa shape index (κ2) is 5.65. The Morgan fingerprint density at radius 3 is 2.94 bits per heavy atom. The van der Waals surface area contributed by atoms with Crippen LogP contribution >= 0.6 is 11.3 Å². The number of aromatic amines is 1. The molecule has 0 spiro atoms. The average molecular weight is 261 g/mol. The van der Waals surface area contributed by atoms with Crippen molar-refractivity contribution in [3.8, 4) is 10.7 Å². The number of nitrogens with one attached hydrogen (secondary N) is 1. The van der Waals surface area contributed by atoms with Crippen molar-refractivity contribution in [2.45, 2.75) is 44.9 Å². The van der Waals surface area contributed by atoms with Crippen LogP contribution in [0.4, 0.5) is 0 Å². The summed E-state index contributed by atoms with van der Waals surface area (Å²) in [5, 5.41) is 9.44. The number of H-pyrrole nitrogens is 1. The molecule has 1 aliphatic carbocycles. The molecule has 2 heterocycles. The molecule has 96 valence electrons. The maximum absolute atomic E-state index is 4.58. The zero-order valence-corrected chi connectivity index (χ0v) is 11.4. The van der Waals surface area contributed by atoms with Gasteiger partial charge in [0.2, 0.25) is 0 Å². The molecular formula is C14H19N3S. The van der Waals surface area contributed by atoms with E-state index in [2.05, 4.69) is 26.6 Å². The topological polar surface area (TPSA) is 41.6 Å². The molecule has 0 aromatic carbocycles. The fraction of sp³-hybridized carbons (Fsp3) is 0.571. The molecule has 0 amide bonds. The van der Waals surface area contributed by atoms with Gasteiger partial charge in [-0.25, -0.2) is 4.98 Å². The lowest BCUT2D eigenvalue weighted by atomic mass is 9.86. The number of thiophene rings is 1. The van der Waals surface area contributed by atoms with E-state index in [0.29, 0.717) is 0 Å². The lowest BCUT2D eigenvalue weighted by Gasteiger charge is -2.20. The van der Waals surface area contributed by atoms with E-state index in [1.807, 2.05) is 6.07 Å². The summed E-state index contributed by atoms with van der Waals surface area (Å²) in [5.74, 6) is 2.81. The van der Waals surface area contributed by atoms with Crippen LogP contribution in [-0.4, -0.2) is 15.2 Å². The van der Waals surface area contributed by atoms with Crippen LogP contribution in [0.5, 0.6) is 0 Å². The number of nitrogens with zero attached hydrogens (tertiary/aromatic N) is 2. The third kappa shape index (κ3) is 2.80. The SMILES string of the molecule is c1csc(-c2n[nH]c(CCC3CCCCC3)n2)c1. The molecule has 2 aromatic heterocycles. The predicted octanol–water partition coefficient (Wildman–Crippen LogP) is 4.05. The van der Waals surface area contributed by atoms with E-state index in [-0.39, 0.29) is 0 Å². The molecule has 0 saturated heterocycles. The van der Waals surface area contributed by atoms with Crippen molar-refractivity contribution in [2.75, 3.05) is 0 Å². The monoisotopic (exact) mass is 261 g/mol. The molecule has 4 heteroatoms. The fourth-order valence-electron chi connectivity index (χ4n) is 2.74. The van der Waals surface area contributed by atoms with Gasteiger partial charge in [0, 0.05) is 6.42 Å². The van der Waals surface area contributed by atoms with Crippen molar-refractivity contribution >= 4 is 11.3 Å². The third-order valence-electron chi connectivity index (χ3n) is 3.79. The first-order valence-electron chi connectivity index (χ1n) is 6.87. The van der Waals surface area contributed by atoms with Gasteiger partial charge in [-0.3, -0.25) is 5.10 Å². The van der Waals surface area contributed by atoms with E-state index in [9.17, 15) is 0 Å². The molecule has 18 heavy (non-hydrogen) atoms. The molecule has 1 N–H and O–H groups in total. The Morgan fingerprint density at radius 1 is 1.28 bits per heavy atom. The number of aryl methyl sites for hydroxylation is 1. The second-order valence-corrected chi connectivity index (χ2v) is 6.07. The van der Waals surface area contributed by atoms with Gasteiger partial charge in [-0.2, -0.15) is 5.10 Å². The van der Waals surface area contributed by atoms with Crippen molar-refractivity contribution in [3.63, 3.8) is 0 Å². The fourth-order valence-corrected chi connectivity index (χ4v) is 3.40. The number of hydrogen-bond acceptors (Lipinski definition) is 3. The first kappa shape index (κ1) is 11.9. The first-order valence-corrected chi connectivity index (χ1v) is 7.75. The van der Waals surface area contributed by atoms with E-state index < -0.39 is 0 Å². The van der Waals surface area contributed by atoms with E-state index in [4.69, 9.17) is 0 Å². The van der Waals surface area contributed by atoms with Crippen LogP contribution in [0.2, 0.25) is 0 Å². The summed E-state index contributed by atoms with van der Waals surface area (Å²) in [6.07, 6.45) is 9.39. The maximum Gasteiger partial charge on any atom is 0.191 e. The zero-order chi connectivity index (χ0) is 12.2.